The lowest BCUT2D eigenvalue weighted by Crippen LogP contribution is -2.05. The molecular weight excluding hydrogens is 305 g/mol. The highest BCUT2D eigenvalue weighted by molar-refractivity contribution is 6.41. The number of halogens is 3. The molecule has 0 amide bonds. The van der Waals surface area contributed by atoms with Crippen LogP contribution in [0.1, 0.15) is 11.3 Å². The number of aromatic nitrogens is 1. The Morgan fingerprint density at radius 3 is 2.58 bits per heavy atom. The molecule has 0 fully saturated rings. The molecule has 0 saturated heterocycles. The molecule has 6 heteroatoms. The molecule has 0 spiro atoms. The minimum atomic E-state index is 0.491. The SMILES string of the molecule is Cn1c(CNc2cc(Cl)ccc2C#N)cc(Cl)c1Cl. The van der Waals surface area contributed by atoms with Gasteiger partial charge in [-0.15, -0.1) is 0 Å². The fraction of sp³-hybridized carbons (Fsp3) is 0.154. The average molecular weight is 315 g/mol. The maximum absolute atomic E-state index is 9.03. The number of nitrogens with zero attached hydrogens (tertiary/aromatic N) is 2. The van der Waals surface area contributed by atoms with Gasteiger partial charge in [0, 0.05) is 17.8 Å². The van der Waals surface area contributed by atoms with E-state index >= 15 is 0 Å². The number of benzene rings is 1. The zero-order valence-corrected chi connectivity index (χ0v) is 12.3. The lowest BCUT2D eigenvalue weighted by Gasteiger charge is -2.09. The van der Waals surface area contributed by atoms with Gasteiger partial charge in [-0.25, -0.2) is 0 Å². The van der Waals surface area contributed by atoms with E-state index in [-0.39, 0.29) is 0 Å². The Kier molecular flexibility index (Phi) is 4.26. The normalized spacial score (nSPS) is 10.3. The van der Waals surface area contributed by atoms with Gasteiger partial charge in [0.25, 0.3) is 0 Å². The lowest BCUT2D eigenvalue weighted by atomic mass is 10.2. The Hall–Kier alpha value is -1.34. The van der Waals surface area contributed by atoms with Crippen molar-refractivity contribution in [1.82, 2.24) is 4.57 Å². The van der Waals surface area contributed by atoms with E-state index in [1.807, 2.05) is 7.05 Å². The van der Waals surface area contributed by atoms with Crippen LogP contribution in [0.2, 0.25) is 15.2 Å². The summed E-state index contributed by atoms with van der Waals surface area (Å²) in [6.07, 6.45) is 0. The first-order chi connectivity index (χ1) is 9.02. The molecular formula is C13H10Cl3N3. The fourth-order valence-electron chi connectivity index (χ4n) is 1.70. The third-order valence-electron chi connectivity index (χ3n) is 2.78. The third kappa shape index (κ3) is 2.98. The van der Waals surface area contributed by atoms with Crippen molar-refractivity contribution in [3.8, 4) is 6.07 Å². The van der Waals surface area contributed by atoms with Gasteiger partial charge in [-0.2, -0.15) is 5.26 Å². The van der Waals surface area contributed by atoms with Crippen molar-refractivity contribution in [2.45, 2.75) is 6.54 Å². The highest BCUT2D eigenvalue weighted by Gasteiger charge is 2.09. The van der Waals surface area contributed by atoms with Crippen molar-refractivity contribution in [3.63, 3.8) is 0 Å². The summed E-state index contributed by atoms with van der Waals surface area (Å²) >= 11 is 17.9. The van der Waals surface area contributed by atoms with Crippen LogP contribution in [0, 0.1) is 11.3 Å². The van der Waals surface area contributed by atoms with Crippen LogP contribution < -0.4 is 5.32 Å². The summed E-state index contributed by atoms with van der Waals surface area (Å²) in [6, 6.07) is 8.97. The van der Waals surface area contributed by atoms with Crippen LogP contribution in [0.5, 0.6) is 0 Å². The van der Waals surface area contributed by atoms with Crippen molar-refractivity contribution >= 4 is 40.5 Å². The van der Waals surface area contributed by atoms with Gasteiger partial charge in [-0.3, -0.25) is 0 Å². The second kappa shape index (κ2) is 5.75. The predicted molar refractivity (Wildman–Crippen MR) is 78.9 cm³/mol. The molecule has 19 heavy (non-hydrogen) atoms. The molecule has 3 nitrogen and oxygen atoms in total. The Morgan fingerprint density at radius 2 is 2.00 bits per heavy atom. The zero-order valence-electron chi connectivity index (χ0n) is 10.0. The summed E-state index contributed by atoms with van der Waals surface area (Å²) in [5.41, 5.74) is 2.14. The Bertz CT molecular complexity index is 656. The van der Waals surface area contributed by atoms with Gasteiger partial charge in [-0.1, -0.05) is 34.8 Å². The second-order valence-corrected chi connectivity index (χ2v) is 5.19. The maximum Gasteiger partial charge on any atom is 0.127 e. The first-order valence-corrected chi connectivity index (χ1v) is 6.59. The van der Waals surface area contributed by atoms with Crippen molar-refractivity contribution < 1.29 is 0 Å². The van der Waals surface area contributed by atoms with E-state index in [2.05, 4.69) is 11.4 Å². The van der Waals surface area contributed by atoms with Crippen molar-refractivity contribution in [3.05, 3.63) is 50.7 Å². The molecule has 0 radical (unpaired) electrons. The minimum Gasteiger partial charge on any atom is -0.378 e. The molecule has 2 aromatic rings. The first kappa shape index (κ1) is 14.1. The zero-order chi connectivity index (χ0) is 14.0. The Morgan fingerprint density at radius 1 is 1.26 bits per heavy atom. The molecule has 1 N–H and O–H groups in total. The van der Waals surface area contributed by atoms with Gasteiger partial charge in [0.15, 0.2) is 0 Å². The number of nitriles is 1. The summed E-state index contributed by atoms with van der Waals surface area (Å²) in [4.78, 5) is 0. The van der Waals surface area contributed by atoms with E-state index in [4.69, 9.17) is 40.1 Å². The Labute approximate surface area is 126 Å². The van der Waals surface area contributed by atoms with Gasteiger partial charge in [0.2, 0.25) is 0 Å². The van der Waals surface area contributed by atoms with Crippen molar-refractivity contribution in [1.29, 1.82) is 5.26 Å². The standard InChI is InChI=1S/C13H10Cl3N3/c1-19-10(5-11(15)13(19)16)7-18-12-4-9(14)3-2-8(12)6-17/h2-5,18H,7H2,1H3. The van der Waals surface area contributed by atoms with Gasteiger partial charge in [0.05, 0.1) is 22.8 Å². The van der Waals surface area contributed by atoms with E-state index in [9.17, 15) is 0 Å². The average Bonchev–Trinajstić information content (AvgIpc) is 2.64. The highest BCUT2D eigenvalue weighted by Crippen LogP contribution is 2.26. The van der Waals surface area contributed by atoms with Crippen LogP contribution in [0.15, 0.2) is 24.3 Å². The topological polar surface area (TPSA) is 40.8 Å². The largest absolute Gasteiger partial charge is 0.378 e. The third-order valence-corrected chi connectivity index (χ3v) is 3.85. The van der Waals surface area contributed by atoms with E-state index in [1.165, 1.54) is 0 Å². The summed E-state index contributed by atoms with van der Waals surface area (Å²) in [5.74, 6) is 0. The van der Waals surface area contributed by atoms with Crippen LogP contribution in [-0.4, -0.2) is 4.57 Å². The fourth-order valence-corrected chi connectivity index (χ4v) is 2.29. The number of hydrogen-bond acceptors (Lipinski definition) is 2. The Balaban J connectivity index is 2.21. The van der Waals surface area contributed by atoms with E-state index in [0.717, 1.165) is 5.69 Å². The molecule has 2 rings (SSSR count). The molecule has 0 aliphatic carbocycles. The highest BCUT2D eigenvalue weighted by atomic mass is 35.5. The minimum absolute atomic E-state index is 0.491. The molecule has 98 valence electrons. The van der Waals surface area contributed by atoms with Crippen LogP contribution >= 0.6 is 34.8 Å². The van der Waals surface area contributed by atoms with E-state index < -0.39 is 0 Å². The summed E-state index contributed by atoms with van der Waals surface area (Å²) in [5, 5.41) is 13.8. The monoisotopic (exact) mass is 313 g/mol. The van der Waals surface area contributed by atoms with Crippen LogP contribution in [0.25, 0.3) is 0 Å². The molecule has 1 aromatic heterocycles. The van der Waals surface area contributed by atoms with Crippen LogP contribution in [-0.2, 0) is 13.6 Å². The van der Waals surface area contributed by atoms with Gasteiger partial charge >= 0.3 is 0 Å². The maximum atomic E-state index is 9.03. The molecule has 0 atom stereocenters. The molecule has 0 bridgehead atoms. The molecule has 0 unspecified atom stereocenters. The summed E-state index contributed by atoms with van der Waals surface area (Å²) in [7, 11) is 1.83. The number of hydrogen-bond donors (Lipinski definition) is 1. The van der Waals surface area contributed by atoms with Gasteiger partial charge < -0.3 is 9.88 Å². The second-order valence-electron chi connectivity index (χ2n) is 3.99. The number of nitrogens with one attached hydrogen (secondary N) is 1. The molecule has 1 aromatic carbocycles. The molecule has 0 aliphatic heterocycles. The van der Waals surface area contributed by atoms with Crippen LogP contribution in [0.4, 0.5) is 5.69 Å². The van der Waals surface area contributed by atoms with Crippen molar-refractivity contribution in [2.75, 3.05) is 5.32 Å². The van der Waals surface area contributed by atoms with Crippen molar-refractivity contribution in [2.24, 2.45) is 7.05 Å². The van der Waals surface area contributed by atoms with Crippen LogP contribution in [0.3, 0.4) is 0 Å². The molecule has 0 aliphatic rings. The quantitative estimate of drug-likeness (QED) is 0.908. The number of rotatable bonds is 3. The van der Waals surface area contributed by atoms with Gasteiger partial charge in [-0.05, 0) is 24.3 Å². The summed E-state index contributed by atoms with van der Waals surface area (Å²) < 4.78 is 1.79. The lowest BCUT2D eigenvalue weighted by molar-refractivity contribution is 0.843. The molecule has 1 heterocycles. The predicted octanol–water partition coefficient (Wildman–Crippen LogP) is 4.47. The number of anilines is 1. The smallest absolute Gasteiger partial charge is 0.127 e. The van der Waals surface area contributed by atoms with E-state index in [1.54, 1.807) is 28.8 Å². The van der Waals surface area contributed by atoms with E-state index in [0.29, 0.717) is 33.0 Å². The molecule has 0 saturated carbocycles. The van der Waals surface area contributed by atoms with Gasteiger partial charge in [0.1, 0.15) is 11.2 Å². The first-order valence-electron chi connectivity index (χ1n) is 5.46. The summed E-state index contributed by atoms with van der Waals surface area (Å²) in [6.45, 7) is 0.498.